The quantitative estimate of drug-likeness (QED) is 0.592. The van der Waals surface area contributed by atoms with Gasteiger partial charge in [0.1, 0.15) is 0 Å². The van der Waals surface area contributed by atoms with E-state index >= 15 is 0 Å². The molecule has 102 valence electrons. The Kier molecular flexibility index (Phi) is 6.97. The Bertz CT molecular complexity index is 466. The lowest BCUT2D eigenvalue weighted by atomic mass is 10.0. The number of thioether (sulfide) groups is 1. The van der Waals surface area contributed by atoms with Crippen LogP contribution in [-0.4, -0.2) is 23.9 Å². The molecule has 3 nitrogen and oxygen atoms in total. The summed E-state index contributed by atoms with van der Waals surface area (Å²) < 4.78 is 4.67. The van der Waals surface area contributed by atoms with Gasteiger partial charge in [-0.2, -0.15) is 0 Å². The number of hydrogen-bond acceptors (Lipinski definition) is 4. The predicted octanol–water partition coefficient (Wildman–Crippen LogP) is 3.09. The van der Waals surface area contributed by atoms with Crippen LogP contribution in [0.4, 0.5) is 0 Å². The van der Waals surface area contributed by atoms with Gasteiger partial charge in [0.2, 0.25) is 0 Å². The summed E-state index contributed by atoms with van der Waals surface area (Å²) >= 11 is 1.32. The zero-order valence-corrected chi connectivity index (χ0v) is 12.0. The molecular formula is C15H18O3S. The van der Waals surface area contributed by atoms with Crippen LogP contribution in [0.1, 0.15) is 24.5 Å². The van der Waals surface area contributed by atoms with E-state index in [2.05, 4.69) is 4.74 Å². The highest BCUT2D eigenvalue weighted by Crippen LogP contribution is 2.13. The number of allylic oxidation sites excluding steroid dienone is 1. The predicted molar refractivity (Wildman–Crippen MR) is 79.0 cm³/mol. The van der Waals surface area contributed by atoms with Crippen molar-refractivity contribution in [2.24, 2.45) is 0 Å². The summed E-state index contributed by atoms with van der Waals surface area (Å²) in [6.45, 7) is 1.57. The molecule has 1 rings (SSSR count). The molecule has 0 bridgehead atoms. The van der Waals surface area contributed by atoms with E-state index in [1.54, 1.807) is 6.92 Å². The number of benzene rings is 1. The molecule has 4 heteroatoms. The number of rotatable bonds is 6. The molecule has 0 radical (unpaired) electrons. The summed E-state index contributed by atoms with van der Waals surface area (Å²) in [6.07, 6.45) is 5.11. The summed E-state index contributed by atoms with van der Waals surface area (Å²) in [6, 6.07) is 7.72. The van der Waals surface area contributed by atoms with E-state index in [9.17, 15) is 9.59 Å². The summed E-state index contributed by atoms with van der Waals surface area (Å²) in [5.74, 6) is 0.540. The van der Waals surface area contributed by atoms with Crippen LogP contribution in [0, 0.1) is 0 Å². The van der Waals surface area contributed by atoms with Gasteiger partial charge < -0.3 is 4.74 Å². The van der Waals surface area contributed by atoms with Crippen LogP contribution < -0.4 is 0 Å². The van der Waals surface area contributed by atoms with Crippen LogP contribution in [0.25, 0.3) is 6.08 Å². The van der Waals surface area contributed by atoms with Crippen LogP contribution in [0.5, 0.6) is 0 Å². The fraction of sp³-hybridized carbons (Fsp3) is 0.333. The minimum Gasteiger partial charge on any atom is -0.469 e. The highest BCUT2D eigenvalue weighted by atomic mass is 32.2. The van der Waals surface area contributed by atoms with Gasteiger partial charge in [-0.25, -0.2) is 0 Å². The minimum absolute atomic E-state index is 0.138. The molecule has 0 aliphatic carbocycles. The van der Waals surface area contributed by atoms with Crippen LogP contribution >= 0.6 is 11.8 Å². The van der Waals surface area contributed by atoms with E-state index in [0.717, 1.165) is 23.3 Å². The molecule has 19 heavy (non-hydrogen) atoms. The number of carbonyl (C=O) groups is 2. The van der Waals surface area contributed by atoms with Crippen molar-refractivity contribution < 1.29 is 14.3 Å². The SMILES string of the molecule is COC(=O)Cc1ccccc1C=CCCSC(C)=O. The zero-order chi connectivity index (χ0) is 14.1. The van der Waals surface area contributed by atoms with Crippen LogP contribution in [0.3, 0.4) is 0 Å². The monoisotopic (exact) mass is 278 g/mol. The highest BCUT2D eigenvalue weighted by Gasteiger charge is 2.05. The lowest BCUT2D eigenvalue weighted by Gasteiger charge is -2.04. The summed E-state index contributed by atoms with van der Waals surface area (Å²) in [5.41, 5.74) is 1.96. The van der Waals surface area contributed by atoms with Gasteiger partial charge in [0.15, 0.2) is 5.12 Å². The molecule has 0 heterocycles. The van der Waals surface area contributed by atoms with E-state index in [-0.39, 0.29) is 17.5 Å². The average Bonchev–Trinajstić information content (AvgIpc) is 2.39. The first kappa shape index (κ1) is 15.5. The van der Waals surface area contributed by atoms with E-state index in [4.69, 9.17) is 0 Å². The van der Waals surface area contributed by atoms with Crippen molar-refractivity contribution in [1.29, 1.82) is 0 Å². The summed E-state index contributed by atoms with van der Waals surface area (Å²) in [5, 5.41) is 0.138. The number of ether oxygens (including phenoxy) is 1. The van der Waals surface area contributed by atoms with Gasteiger partial charge in [0.05, 0.1) is 13.5 Å². The lowest BCUT2D eigenvalue weighted by molar-refractivity contribution is -0.139. The molecule has 1 aromatic carbocycles. The second kappa shape index (κ2) is 8.53. The largest absolute Gasteiger partial charge is 0.469 e. The van der Waals surface area contributed by atoms with Crippen molar-refractivity contribution >= 4 is 28.9 Å². The highest BCUT2D eigenvalue weighted by molar-refractivity contribution is 8.13. The van der Waals surface area contributed by atoms with Gasteiger partial charge in [0.25, 0.3) is 0 Å². The first-order valence-corrected chi connectivity index (χ1v) is 7.06. The number of methoxy groups -OCH3 is 1. The van der Waals surface area contributed by atoms with Crippen LogP contribution in [0.15, 0.2) is 30.3 Å². The smallest absolute Gasteiger partial charge is 0.309 e. The third-order valence-electron chi connectivity index (χ3n) is 2.50. The second-order valence-electron chi connectivity index (χ2n) is 3.98. The zero-order valence-electron chi connectivity index (χ0n) is 11.2. The molecule has 0 saturated carbocycles. The molecule has 0 aliphatic rings. The van der Waals surface area contributed by atoms with Crippen molar-refractivity contribution in [2.45, 2.75) is 19.8 Å². The maximum absolute atomic E-state index is 11.3. The van der Waals surface area contributed by atoms with Crippen LogP contribution in [-0.2, 0) is 20.7 Å². The summed E-state index contributed by atoms with van der Waals surface area (Å²) in [4.78, 5) is 22.1. The van der Waals surface area contributed by atoms with Gasteiger partial charge >= 0.3 is 5.97 Å². The van der Waals surface area contributed by atoms with Crippen molar-refractivity contribution in [1.82, 2.24) is 0 Å². The Balaban J connectivity index is 2.59. The van der Waals surface area contributed by atoms with Gasteiger partial charge in [-0.1, -0.05) is 48.2 Å². The van der Waals surface area contributed by atoms with Crippen molar-refractivity contribution in [3.05, 3.63) is 41.5 Å². The third kappa shape index (κ3) is 6.25. The average molecular weight is 278 g/mol. The fourth-order valence-corrected chi connectivity index (χ4v) is 2.11. The number of esters is 1. The standard InChI is InChI=1S/C15H18O3S/c1-12(16)19-10-6-5-8-13-7-3-4-9-14(13)11-15(17)18-2/h3-5,7-9H,6,10-11H2,1-2H3. The molecule has 0 N–H and O–H groups in total. The molecule has 0 spiro atoms. The van der Waals surface area contributed by atoms with E-state index in [0.29, 0.717) is 0 Å². The molecule has 0 saturated heterocycles. The first-order valence-electron chi connectivity index (χ1n) is 6.08. The number of carbonyl (C=O) groups excluding carboxylic acids is 2. The molecule has 0 aliphatic heterocycles. The molecule has 0 amide bonds. The van der Waals surface area contributed by atoms with Crippen LogP contribution in [0.2, 0.25) is 0 Å². The normalized spacial score (nSPS) is 10.6. The van der Waals surface area contributed by atoms with Crippen molar-refractivity contribution in [3.8, 4) is 0 Å². The molecule has 0 fully saturated rings. The maximum Gasteiger partial charge on any atom is 0.309 e. The molecule has 0 atom stereocenters. The molecular weight excluding hydrogens is 260 g/mol. The molecule has 0 unspecified atom stereocenters. The van der Waals surface area contributed by atoms with Gasteiger partial charge in [0, 0.05) is 12.7 Å². The van der Waals surface area contributed by atoms with Gasteiger partial charge in [-0.05, 0) is 17.5 Å². The molecule has 0 aromatic heterocycles. The minimum atomic E-state index is -0.243. The Hall–Kier alpha value is -1.55. The Morgan fingerprint density at radius 1 is 1.32 bits per heavy atom. The van der Waals surface area contributed by atoms with Crippen molar-refractivity contribution in [2.75, 3.05) is 12.9 Å². The molecule has 1 aromatic rings. The van der Waals surface area contributed by atoms with Gasteiger partial charge in [-0.3, -0.25) is 9.59 Å². The van der Waals surface area contributed by atoms with Crippen molar-refractivity contribution in [3.63, 3.8) is 0 Å². The van der Waals surface area contributed by atoms with Gasteiger partial charge in [-0.15, -0.1) is 0 Å². The second-order valence-corrected chi connectivity index (χ2v) is 5.25. The topological polar surface area (TPSA) is 43.4 Å². The maximum atomic E-state index is 11.3. The van der Waals surface area contributed by atoms with E-state index in [1.165, 1.54) is 18.9 Å². The Morgan fingerprint density at radius 3 is 2.74 bits per heavy atom. The van der Waals surface area contributed by atoms with E-state index in [1.807, 2.05) is 36.4 Å². The fourth-order valence-electron chi connectivity index (χ4n) is 1.57. The summed E-state index contributed by atoms with van der Waals surface area (Å²) in [7, 11) is 1.39. The van der Waals surface area contributed by atoms with E-state index < -0.39 is 0 Å². The third-order valence-corrected chi connectivity index (χ3v) is 3.35. The number of hydrogen-bond donors (Lipinski definition) is 0. The lowest BCUT2D eigenvalue weighted by Crippen LogP contribution is -2.05. The Labute approximate surface area is 118 Å². The Morgan fingerprint density at radius 2 is 2.05 bits per heavy atom. The first-order chi connectivity index (χ1) is 9.13.